The Morgan fingerprint density at radius 2 is 2.56 bits per heavy atom. The standard InChI is InChI=1S/C9H12N4OS2/c10-3-5-15-9-13-12-8(16-9)11-6-7-2-1-4-14-7/h7H,1-2,4-6H2,(H,11,12). The fraction of sp³-hybridized carbons (Fsp3) is 0.667. The highest BCUT2D eigenvalue weighted by Gasteiger charge is 2.15. The molecular weight excluding hydrogens is 244 g/mol. The Kier molecular flexibility index (Phi) is 4.39. The molecule has 0 aliphatic carbocycles. The minimum Gasteiger partial charge on any atom is -0.376 e. The Morgan fingerprint density at radius 3 is 3.31 bits per heavy atom. The van der Waals surface area contributed by atoms with Gasteiger partial charge < -0.3 is 10.1 Å². The molecule has 0 amide bonds. The van der Waals surface area contributed by atoms with Gasteiger partial charge in [0.15, 0.2) is 4.34 Å². The van der Waals surface area contributed by atoms with Crippen LogP contribution >= 0.6 is 23.1 Å². The molecular formula is C9H12N4OS2. The van der Waals surface area contributed by atoms with Gasteiger partial charge in [-0.15, -0.1) is 10.2 Å². The number of thioether (sulfide) groups is 1. The number of nitrogens with zero attached hydrogens (tertiary/aromatic N) is 3. The number of anilines is 1. The first-order valence-corrected chi connectivity index (χ1v) is 6.87. The van der Waals surface area contributed by atoms with Gasteiger partial charge in [-0.25, -0.2) is 0 Å². The molecule has 0 spiro atoms. The van der Waals surface area contributed by atoms with E-state index in [1.165, 1.54) is 23.1 Å². The van der Waals surface area contributed by atoms with Gasteiger partial charge in [0, 0.05) is 13.2 Å². The van der Waals surface area contributed by atoms with Gasteiger partial charge in [0.25, 0.3) is 0 Å². The summed E-state index contributed by atoms with van der Waals surface area (Å²) in [6, 6.07) is 2.06. The number of aromatic nitrogens is 2. The lowest BCUT2D eigenvalue weighted by atomic mass is 10.2. The average Bonchev–Trinajstić information content (AvgIpc) is 2.95. The minimum absolute atomic E-state index is 0.305. The summed E-state index contributed by atoms with van der Waals surface area (Å²) in [6.07, 6.45) is 2.56. The number of hydrogen-bond acceptors (Lipinski definition) is 7. The Balaban J connectivity index is 1.76. The molecule has 7 heteroatoms. The van der Waals surface area contributed by atoms with Crippen molar-refractivity contribution in [2.45, 2.75) is 23.3 Å². The van der Waals surface area contributed by atoms with Crippen LogP contribution in [0.3, 0.4) is 0 Å². The molecule has 1 aromatic heterocycles. The molecule has 86 valence electrons. The largest absolute Gasteiger partial charge is 0.376 e. The van der Waals surface area contributed by atoms with E-state index in [1.807, 2.05) is 0 Å². The van der Waals surface area contributed by atoms with E-state index in [-0.39, 0.29) is 0 Å². The summed E-state index contributed by atoms with van der Waals surface area (Å²) in [4.78, 5) is 0. The van der Waals surface area contributed by atoms with Gasteiger partial charge in [-0.1, -0.05) is 23.1 Å². The van der Waals surface area contributed by atoms with Crippen LogP contribution in [0, 0.1) is 11.3 Å². The van der Waals surface area contributed by atoms with Crippen molar-refractivity contribution in [2.24, 2.45) is 0 Å². The van der Waals surface area contributed by atoms with Crippen LogP contribution < -0.4 is 5.32 Å². The van der Waals surface area contributed by atoms with E-state index < -0.39 is 0 Å². The zero-order chi connectivity index (χ0) is 11.2. The Morgan fingerprint density at radius 1 is 1.62 bits per heavy atom. The van der Waals surface area contributed by atoms with E-state index in [0.29, 0.717) is 11.9 Å². The van der Waals surface area contributed by atoms with Crippen LogP contribution in [0.1, 0.15) is 12.8 Å². The van der Waals surface area contributed by atoms with Crippen LogP contribution in [0.5, 0.6) is 0 Å². The van der Waals surface area contributed by atoms with Gasteiger partial charge in [0.2, 0.25) is 5.13 Å². The third-order valence-electron chi connectivity index (χ3n) is 2.17. The van der Waals surface area contributed by atoms with E-state index in [2.05, 4.69) is 21.6 Å². The quantitative estimate of drug-likeness (QED) is 0.809. The maximum atomic E-state index is 8.43. The van der Waals surface area contributed by atoms with Crippen LogP contribution in [-0.2, 0) is 4.74 Å². The molecule has 1 aliphatic rings. The molecule has 1 unspecified atom stereocenters. The first-order valence-electron chi connectivity index (χ1n) is 5.07. The Bertz CT molecular complexity index is 370. The lowest BCUT2D eigenvalue weighted by Crippen LogP contribution is -2.18. The van der Waals surface area contributed by atoms with Crippen molar-refractivity contribution in [3.8, 4) is 6.07 Å². The Labute approximate surface area is 102 Å². The van der Waals surface area contributed by atoms with Crippen LogP contribution in [0.25, 0.3) is 0 Å². The highest BCUT2D eigenvalue weighted by atomic mass is 32.2. The zero-order valence-electron chi connectivity index (χ0n) is 8.68. The third kappa shape index (κ3) is 3.33. The van der Waals surface area contributed by atoms with Gasteiger partial charge in [0.1, 0.15) is 0 Å². The molecule has 5 nitrogen and oxygen atoms in total. The van der Waals surface area contributed by atoms with Gasteiger partial charge in [-0.3, -0.25) is 0 Å². The summed E-state index contributed by atoms with van der Waals surface area (Å²) in [6.45, 7) is 1.66. The van der Waals surface area contributed by atoms with Crippen molar-refractivity contribution in [3.63, 3.8) is 0 Å². The zero-order valence-corrected chi connectivity index (χ0v) is 10.3. The van der Waals surface area contributed by atoms with Crippen molar-refractivity contribution in [1.29, 1.82) is 5.26 Å². The van der Waals surface area contributed by atoms with E-state index in [4.69, 9.17) is 10.00 Å². The second-order valence-electron chi connectivity index (χ2n) is 3.34. The highest BCUT2D eigenvalue weighted by molar-refractivity contribution is 8.01. The predicted molar refractivity (Wildman–Crippen MR) is 63.7 cm³/mol. The number of rotatable bonds is 5. The normalized spacial score (nSPS) is 19.6. The van der Waals surface area contributed by atoms with E-state index in [9.17, 15) is 0 Å². The topological polar surface area (TPSA) is 70.8 Å². The number of nitrogens with one attached hydrogen (secondary N) is 1. The van der Waals surface area contributed by atoms with Crippen molar-refractivity contribution >= 4 is 28.2 Å². The van der Waals surface area contributed by atoms with Crippen LogP contribution in [0.15, 0.2) is 4.34 Å². The van der Waals surface area contributed by atoms with Gasteiger partial charge in [-0.05, 0) is 12.8 Å². The summed E-state index contributed by atoms with van der Waals surface area (Å²) in [7, 11) is 0. The van der Waals surface area contributed by atoms with Crippen molar-refractivity contribution in [1.82, 2.24) is 10.2 Å². The molecule has 2 rings (SSSR count). The maximum Gasteiger partial charge on any atom is 0.206 e. The number of nitriles is 1. The van der Waals surface area contributed by atoms with Crippen LogP contribution in [0.2, 0.25) is 0 Å². The SMILES string of the molecule is N#CCSc1nnc(NCC2CCCO2)s1. The first-order chi connectivity index (χ1) is 7.88. The third-order valence-corrected chi connectivity index (χ3v) is 4.05. The van der Waals surface area contributed by atoms with Gasteiger partial charge in [-0.2, -0.15) is 5.26 Å². The summed E-state index contributed by atoms with van der Waals surface area (Å²) in [5, 5.41) is 20.4. The summed E-state index contributed by atoms with van der Waals surface area (Å²) >= 11 is 2.89. The molecule has 1 N–H and O–H groups in total. The van der Waals surface area contributed by atoms with Gasteiger partial charge in [0.05, 0.1) is 17.9 Å². The molecule has 0 bridgehead atoms. The van der Waals surface area contributed by atoms with E-state index in [0.717, 1.165) is 35.5 Å². The summed E-state index contributed by atoms with van der Waals surface area (Å²) < 4.78 is 6.32. The highest BCUT2D eigenvalue weighted by Crippen LogP contribution is 2.25. The molecule has 16 heavy (non-hydrogen) atoms. The monoisotopic (exact) mass is 256 g/mol. The number of ether oxygens (including phenoxy) is 1. The van der Waals surface area contributed by atoms with Crippen LogP contribution in [0.4, 0.5) is 5.13 Å². The van der Waals surface area contributed by atoms with Crippen molar-refractivity contribution in [3.05, 3.63) is 0 Å². The van der Waals surface area contributed by atoms with Crippen molar-refractivity contribution < 1.29 is 4.74 Å². The second-order valence-corrected chi connectivity index (χ2v) is 5.54. The smallest absolute Gasteiger partial charge is 0.206 e. The molecule has 1 fully saturated rings. The van der Waals surface area contributed by atoms with Crippen LogP contribution in [-0.4, -0.2) is 35.2 Å². The van der Waals surface area contributed by atoms with Crippen molar-refractivity contribution in [2.75, 3.05) is 24.2 Å². The second kappa shape index (κ2) is 6.03. The minimum atomic E-state index is 0.305. The fourth-order valence-corrected chi connectivity index (χ4v) is 2.86. The lowest BCUT2D eigenvalue weighted by molar-refractivity contribution is 0.120. The number of hydrogen-bond donors (Lipinski definition) is 1. The summed E-state index contributed by atoms with van der Waals surface area (Å²) in [5.41, 5.74) is 0. The molecule has 1 aliphatic heterocycles. The van der Waals surface area contributed by atoms with Gasteiger partial charge >= 0.3 is 0 Å². The molecule has 1 saturated heterocycles. The average molecular weight is 256 g/mol. The Hall–Kier alpha value is -0.840. The molecule has 0 saturated carbocycles. The molecule has 1 aromatic rings. The molecule has 2 heterocycles. The molecule has 0 aromatic carbocycles. The predicted octanol–water partition coefficient (Wildman–Crippen LogP) is 1.74. The molecule has 0 radical (unpaired) electrons. The van der Waals surface area contributed by atoms with E-state index in [1.54, 1.807) is 0 Å². The molecule has 1 atom stereocenters. The lowest BCUT2D eigenvalue weighted by Gasteiger charge is -2.08. The van der Waals surface area contributed by atoms with E-state index >= 15 is 0 Å². The maximum absolute atomic E-state index is 8.43. The fourth-order valence-electron chi connectivity index (χ4n) is 1.44. The first kappa shape index (κ1) is 11.6. The summed E-state index contributed by atoms with van der Waals surface area (Å²) in [5.74, 6) is 0.417.